The molecule has 17 heavy (non-hydrogen) atoms. The zero-order valence-electron chi connectivity index (χ0n) is 8.72. The van der Waals surface area contributed by atoms with Crippen LogP contribution in [0.25, 0.3) is 11.3 Å². The van der Waals surface area contributed by atoms with Crippen LogP contribution in [0.4, 0.5) is 0 Å². The molecule has 1 amide bonds. The van der Waals surface area contributed by atoms with Crippen molar-refractivity contribution in [3.63, 3.8) is 0 Å². The van der Waals surface area contributed by atoms with Gasteiger partial charge < -0.3 is 0 Å². The van der Waals surface area contributed by atoms with E-state index in [4.69, 9.17) is 17.4 Å². The first-order valence-electron chi connectivity index (χ1n) is 4.79. The zero-order valence-corrected chi connectivity index (χ0v) is 9.48. The number of benzene rings is 1. The normalized spacial score (nSPS) is 10.0. The minimum absolute atomic E-state index is 0.167. The number of nitrogens with one attached hydrogen (secondary N) is 1. The van der Waals surface area contributed by atoms with Crippen LogP contribution in [0.3, 0.4) is 0 Å². The van der Waals surface area contributed by atoms with Crippen LogP contribution in [0.15, 0.2) is 36.7 Å². The second-order valence-electron chi connectivity index (χ2n) is 3.27. The molecule has 0 unspecified atom stereocenters. The summed E-state index contributed by atoms with van der Waals surface area (Å²) in [7, 11) is 0. The third kappa shape index (κ3) is 2.58. The van der Waals surface area contributed by atoms with Crippen LogP contribution in [0, 0.1) is 0 Å². The highest BCUT2D eigenvalue weighted by molar-refractivity contribution is 6.30. The molecule has 5 nitrogen and oxygen atoms in total. The van der Waals surface area contributed by atoms with E-state index < -0.39 is 5.91 Å². The highest BCUT2D eigenvalue weighted by atomic mass is 35.5. The lowest BCUT2D eigenvalue weighted by Gasteiger charge is -2.03. The molecule has 0 saturated heterocycles. The van der Waals surface area contributed by atoms with Crippen molar-refractivity contribution in [3.8, 4) is 11.3 Å². The summed E-state index contributed by atoms with van der Waals surface area (Å²) in [6.07, 6.45) is 2.91. The average molecular weight is 249 g/mol. The van der Waals surface area contributed by atoms with Gasteiger partial charge in [0.15, 0.2) is 0 Å². The van der Waals surface area contributed by atoms with Gasteiger partial charge in [-0.3, -0.25) is 15.2 Å². The Morgan fingerprint density at radius 3 is 2.59 bits per heavy atom. The summed E-state index contributed by atoms with van der Waals surface area (Å²) in [5.41, 5.74) is 3.59. The number of halogens is 1. The van der Waals surface area contributed by atoms with Crippen molar-refractivity contribution in [1.29, 1.82) is 0 Å². The van der Waals surface area contributed by atoms with E-state index in [1.54, 1.807) is 30.5 Å². The molecule has 0 saturated carbocycles. The van der Waals surface area contributed by atoms with Gasteiger partial charge >= 0.3 is 0 Å². The van der Waals surface area contributed by atoms with Crippen molar-refractivity contribution < 1.29 is 4.79 Å². The predicted octanol–water partition coefficient (Wildman–Crippen LogP) is 1.40. The fourth-order valence-corrected chi connectivity index (χ4v) is 1.44. The quantitative estimate of drug-likeness (QED) is 0.478. The van der Waals surface area contributed by atoms with Crippen LogP contribution in [-0.2, 0) is 0 Å². The molecule has 0 fully saturated rings. The lowest BCUT2D eigenvalue weighted by molar-refractivity contribution is 0.0948. The number of aromatic nitrogens is 2. The lowest BCUT2D eigenvalue weighted by Crippen LogP contribution is -2.30. The van der Waals surface area contributed by atoms with E-state index in [9.17, 15) is 4.79 Å². The molecule has 0 aliphatic carbocycles. The topological polar surface area (TPSA) is 80.9 Å². The highest BCUT2D eigenvalue weighted by Gasteiger charge is 2.07. The Bertz CT molecular complexity index is 541. The number of hydrogen-bond acceptors (Lipinski definition) is 4. The minimum Gasteiger partial charge on any atom is -0.289 e. The number of hydrazine groups is 1. The van der Waals surface area contributed by atoms with Crippen molar-refractivity contribution in [2.75, 3.05) is 0 Å². The van der Waals surface area contributed by atoms with E-state index in [-0.39, 0.29) is 5.69 Å². The fraction of sp³-hybridized carbons (Fsp3) is 0. The first-order valence-corrected chi connectivity index (χ1v) is 5.17. The van der Waals surface area contributed by atoms with Crippen LogP contribution in [-0.4, -0.2) is 15.9 Å². The molecular weight excluding hydrogens is 240 g/mol. The second-order valence-corrected chi connectivity index (χ2v) is 3.71. The van der Waals surface area contributed by atoms with Gasteiger partial charge in [0.1, 0.15) is 5.69 Å². The van der Waals surface area contributed by atoms with E-state index in [0.717, 1.165) is 5.56 Å². The van der Waals surface area contributed by atoms with Crippen molar-refractivity contribution in [3.05, 3.63) is 47.4 Å². The molecule has 3 N–H and O–H groups in total. The molecule has 0 spiro atoms. The summed E-state index contributed by atoms with van der Waals surface area (Å²) in [5.74, 6) is 4.55. The van der Waals surface area contributed by atoms with Crippen molar-refractivity contribution in [2.24, 2.45) is 5.84 Å². The van der Waals surface area contributed by atoms with E-state index in [0.29, 0.717) is 10.7 Å². The smallest absolute Gasteiger partial charge is 0.285 e. The predicted molar refractivity (Wildman–Crippen MR) is 64.1 cm³/mol. The highest BCUT2D eigenvalue weighted by Crippen LogP contribution is 2.18. The van der Waals surface area contributed by atoms with E-state index in [1.807, 2.05) is 5.43 Å². The monoisotopic (exact) mass is 248 g/mol. The number of nitrogens with zero attached hydrogens (tertiary/aromatic N) is 2. The third-order valence-electron chi connectivity index (χ3n) is 2.14. The van der Waals surface area contributed by atoms with E-state index in [2.05, 4.69) is 9.97 Å². The summed E-state index contributed by atoms with van der Waals surface area (Å²) < 4.78 is 0. The van der Waals surface area contributed by atoms with Gasteiger partial charge in [-0.15, -0.1) is 0 Å². The van der Waals surface area contributed by atoms with Crippen molar-refractivity contribution in [1.82, 2.24) is 15.4 Å². The summed E-state index contributed by atoms with van der Waals surface area (Å²) >= 11 is 5.79. The Labute approximate surface area is 103 Å². The molecule has 0 aliphatic heterocycles. The van der Waals surface area contributed by atoms with Crippen LogP contribution >= 0.6 is 11.6 Å². The molecule has 1 heterocycles. The summed E-state index contributed by atoms with van der Waals surface area (Å²) in [6, 6.07) is 7.09. The maximum atomic E-state index is 11.3. The molecule has 86 valence electrons. The van der Waals surface area contributed by atoms with Crippen molar-refractivity contribution in [2.45, 2.75) is 0 Å². The fourth-order valence-electron chi connectivity index (χ4n) is 1.31. The van der Waals surface area contributed by atoms with Crippen molar-refractivity contribution >= 4 is 17.5 Å². The van der Waals surface area contributed by atoms with E-state index >= 15 is 0 Å². The molecule has 6 heteroatoms. The Morgan fingerprint density at radius 1 is 1.24 bits per heavy atom. The van der Waals surface area contributed by atoms with Gasteiger partial charge in [0.05, 0.1) is 18.1 Å². The maximum absolute atomic E-state index is 11.3. The van der Waals surface area contributed by atoms with E-state index in [1.165, 1.54) is 6.20 Å². The first kappa shape index (κ1) is 11.5. The number of hydrogen-bond donors (Lipinski definition) is 2. The molecule has 1 aromatic carbocycles. The standard InChI is InChI=1S/C11H9ClN4O/c12-8-3-1-7(2-4-8)9-5-14-6-10(15-9)11(17)16-13/h1-6H,13H2,(H,16,17). The Balaban J connectivity index is 2.39. The molecular formula is C11H9ClN4O. The van der Waals surface area contributed by atoms with Gasteiger partial charge in [-0.1, -0.05) is 23.7 Å². The summed E-state index contributed by atoms with van der Waals surface area (Å²) in [6.45, 7) is 0. The van der Waals surface area contributed by atoms with Crippen LogP contribution in [0.5, 0.6) is 0 Å². The summed E-state index contributed by atoms with van der Waals surface area (Å²) in [4.78, 5) is 19.4. The molecule has 2 aromatic rings. The Morgan fingerprint density at radius 2 is 1.94 bits per heavy atom. The van der Waals surface area contributed by atoms with Gasteiger partial charge in [-0.25, -0.2) is 10.8 Å². The second kappa shape index (κ2) is 4.90. The maximum Gasteiger partial charge on any atom is 0.285 e. The number of rotatable bonds is 2. The molecule has 0 aliphatic rings. The number of nitrogens with two attached hydrogens (primary N) is 1. The summed E-state index contributed by atoms with van der Waals surface area (Å²) in [5, 5.41) is 0.637. The number of amides is 1. The molecule has 2 rings (SSSR count). The molecule has 0 atom stereocenters. The largest absolute Gasteiger partial charge is 0.289 e. The van der Waals surface area contributed by atoms with Crippen LogP contribution < -0.4 is 11.3 Å². The van der Waals surface area contributed by atoms with Gasteiger partial charge in [-0.2, -0.15) is 0 Å². The average Bonchev–Trinajstić information content (AvgIpc) is 2.39. The lowest BCUT2D eigenvalue weighted by atomic mass is 10.1. The molecule has 1 aromatic heterocycles. The van der Waals surface area contributed by atoms with Crippen LogP contribution in [0.2, 0.25) is 5.02 Å². The first-order chi connectivity index (χ1) is 8.20. The van der Waals surface area contributed by atoms with Crippen LogP contribution in [0.1, 0.15) is 10.5 Å². The van der Waals surface area contributed by atoms with Gasteiger partial charge in [-0.05, 0) is 12.1 Å². The number of carbonyl (C=O) groups is 1. The zero-order chi connectivity index (χ0) is 12.3. The van der Waals surface area contributed by atoms with Gasteiger partial charge in [0.2, 0.25) is 0 Å². The minimum atomic E-state index is -0.478. The third-order valence-corrected chi connectivity index (χ3v) is 2.39. The number of carbonyl (C=O) groups excluding carboxylic acids is 1. The SMILES string of the molecule is NNC(=O)c1cncc(-c2ccc(Cl)cc2)n1. The Kier molecular flexibility index (Phi) is 3.32. The van der Waals surface area contributed by atoms with Gasteiger partial charge in [0, 0.05) is 10.6 Å². The molecule has 0 bridgehead atoms. The Hall–Kier alpha value is -1.98. The number of nitrogen functional groups attached to an aromatic ring is 1. The molecule has 0 radical (unpaired) electrons. The van der Waals surface area contributed by atoms with Gasteiger partial charge in [0.25, 0.3) is 5.91 Å².